The number of pyridine rings is 1. The van der Waals surface area contributed by atoms with E-state index in [1.165, 1.54) is 11.1 Å². The van der Waals surface area contributed by atoms with E-state index >= 15 is 0 Å². The highest BCUT2D eigenvalue weighted by Crippen LogP contribution is 2.34. The molecule has 3 N–H and O–H groups in total. The van der Waals surface area contributed by atoms with Gasteiger partial charge in [-0.25, -0.2) is 0 Å². The van der Waals surface area contributed by atoms with Gasteiger partial charge in [0.1, 0.15) is 0 Å². The van der Waals surface area contributed by atoms with Crippen LogP contribution < -0.4 is 10.6 Å². The molecule has 4 heteroatoms. The van der Waals surface area contributed by atoms with Crippen molar-refractivity contribution in [2.45, 2.75) is 19.8 Å². The van der Waals surface area contributed by atoms with E-state index < -0.39 is 0 Å². The topological polar surface area (TPSA) is 62.4 Å². The van der Waals surface area contributed by atoms with Crippen LogP contribution in [0.25, 0.3) is 10.8 Å². The smallest absolute Gasteiger partial charge is 0.0448 e. The normalized spacial score (nSPS) is 18.9. The molecule has 1 atom stereocenters. The van der Waals surface area contributed by atoms with Gasteiger partial charge in [-0.3, -0.25) is 4.98 Å². The van der Waals surface area contributed by atoms with Crippen LogP contribution in [0.15, 0.2) is 24.4 Å². The minimum absolute atomic E-state index is 0.282. The third-order valence-corrected chi connectivity index (χ3v) is 4.21. The first-order valence-corrected chi connectivity index (χ1v) is 7.19. The number of aliphatic hydroxyl groups is 1. The zero-order chi connectivity index (χ0) is 14.1. The van der Waals surface area contributed by atoms with Crippen LogP contribution >= 0.6 is 0 Å². The lowest BCUT2D eigenvalue weighted by molar-refractivity contribution is 0.263. The van der Waals surface area contributed by atoms with Crippen molar-refractivity contribution in [2.24, 2.45) is 5.92 Å². The first-order chi connectivity index (χ1) is 9.69. The molecule has 1 unspecified atom stereocenters. The van der Waals surface area contributed by atoms with Crippen LogP contribution in [-0.4, -0.2) is 29.8 Å². The summed E-state index contributed by atoms with van der Waals surface area (Å²) in [5, 5.41) is 11.3. The maximum absolute atomic E-state index is 9.08. The van der Waals surface area contributed by atoms with Gasteiger partial charge in [-0.1, -0.05) is 0 Å². The van der Waals surface area contributed by atoms with Crippen molar-refractivity contribution in [1.82, 2.24) is 4.98 Å². The average Bonchev–Trinajstić information content (AvgIpc) is 2.88. The van der Waals surface area contributed by atoms with Crippen LogP contribution in [0, 0.1) is 12.8 Å². The number of nitrogen functional groups attached to an aromatic ring is 1. The van der Waals surface area contributed by atoms with E-state index in [0.29, 0.717) is 5.92 Å². The summed E-state index contributed by atoms with van der Waals surface area (Å²) in [5.74, 6) is 0.593. The summed E-state index contributed by atoms with van der Waals surface area (Å²) < 4.78 is 0. The molecule has 1 fully saturated rings. The van der Waals surface area contributed by atoms with Gasteiger partial charge in [-0.15, -0.1) is 0 Å². The van der Waals surface area contributed by atoms with Gasteiger partial charge in [0.05, 0.1) is 0 Å². The molecule has 0 bridgehead atoms. The SMILES string of the molecule is Cc1cc2c(N3CCC(CCO)C3)ccc(N)c2cn1. The molecule has 2 aromatic rings. The number of rotatable bonds is 3. The van der Waals surface area contributed by atoms with E-state index in [9.17, 15) is 0 Å². The molecule has 1 aliphatic heterocycles. The fourth-order valence-electron chi connectivity index (χ4n) is 3.10. The van der Waals surface area contributed by atoms with Crippen molar-refractivity contribution in [3.63, 3.8) is 0 Å². The quantitative estimate of drug-likeness (QED) is 0.841. The summed E-state index contributed by atoms with van der Waals surface area (Å²) in [6, 6.07) is 6.19. The second kappa shape index (κ2) is 5.29. The Balaban J connectivity index is 2.00. The summed E-state index contributed by atoms with van der Waals surface area (Å²) in [6.45, 7) is 4.35. The van der Waals surface area contributed by atoms with Gasteiger partial charge < -0.3 is 15.7 Å². The molecule has 106 valence electrons. The molecule has 0 saturated carbocycles. The van der Waals surface area contributed by atoms with Crippen LogP contribution in [0.3, 0.4) is 0 Å². The third-order valence-electron chi connectivity index (χ3n) is 4.21. The Morgan fingerprint density at radius 2 is 2.25 bits per heavy atom. The fraction of sp³-hybridized carbons (Fsp3) is 0.438. The van der Waals surface area contributed by atoms with Gasteiger partial charge in [0.25, 0.3) is 0 Å². The summed E-state index contributed by atoms with van der Waals surface area (Å²) >= 11 is 0. The Morgan fingerprint density at radius 3 is 3.05 bits per heavy atom. The van der Waals surface area contributed by atoms with Gasteiger partial charge >= 0.3 is 0 Å². The van der Waals surface area contributed by atoms with Crippen LogP contribution in [0.2, 0.25) is 0 Å². The number of benzene rings is 1. The second-order valence-corrected chi connectivity index (χ2v) is 5.66. The molecular formula is C16H21N3O. The van der Waals surface area contributed by atoms with Crippen molar-refractivity contribution >= 4 is 22.1 Å². The van der Waals surface area contributed by atoms with E-state index in [0.717, 1.165) is 42.7 Å². The predicted octanol–water partition coefficient (Wildman–Crippen LogP) is 2.33. The highest BCUT2D eigenvalue weighted by atomic mass is 16.3. The number of hydrogen-bond donors (Lipinski definition) is 2. The lowest BCUT2D eigenvalue weighted by atomic mass is 10.1. The highest BCUT2D eigenvalue weighted by Gasteiger charge is 2.23. The van der Waals surface area contributed by atoms with Crippen LogP contribution in [0.1, 0.15) is 18.5 Å². The Bertz CT molecular complexity index is 626. The Labute approximate surface area is 119 Å². The molecular weight excluding hydrogens is 250 g/mol. The molecule has 1 aliphatic rings. The molecule has 1 aromatic carbocycles. The number of hydrogen-bond acceptors (Lipinski definition) is 4. The molecule has 20 heavy (non-hydrogen) atoms. The third kappa shape index (κ3) is 2.31. The number of aryl methyl sites for hydroxylation is 1. The van der Waals surface area contributed by atoms with Crippen LogP contribution in [0.5, 0.6) is 0 Å². The largest absolute Gasteiger partial charge is 0.398 e. The van der Waals surface area contributed by atoms with Gasteiger partial charge in [-0.2, -0.15) is 0 Å². The van der Waals surface area contributed by atoms with E-state index in [2.05, 4.69) is 22.0 Å². The van der Waals surface area contributed by atoms with Crippen LogP contribution in [-0.2, 0) is 0 Å². The molecule has 2 heterocycles. The molecule has 1 saturated heterocycles. The van der Waals surface area contributed by atoms with Crippen molar-refractivity contribution in [1.29, 1.82) is 0 Å². The van der Waals surface area contributed by atoms with Crippen molar-refractivity contribution in [3.05, 3.63) is 30.1 Å². The Kier molecular flexibility index (Phi) is 3.49. The zero-order valence-corrected chi connectivity index (χ0v) is 11.8. The first kappa shape index (κ1) is 13.2. The maximum Gasteiger partial charge on any atom is 0.0448 e. The van der Waals surface area contributed by atoms with Gasteiger partial charge in [-0.05, 0) is 43.9 Å². The lowest BCUT2D eigenvalue weighted by Crippen LogP contribution is -2.20. The number of nitrogens with zero attached hydrogens (tertiary/aromatic N) is 2. The van der Waals surface area contributed by atoms with E-state index in [1.54, 1.807) is 0 Å². The first-order valence-electron chi connectivity index (χ1n) is 7.19. The standard InChI is InChI=1S/C16H21N3O/c1-11-8-13-14(9-18-11)15(17)2-3-16(13)19-6-4-12(10-19)5-7-20/h2-3,8-9,12,20H,4-7,10,17H2,1H3. The van der Waals surface area contributed by atoms with Gasteiger partial charge in [0.15, 0.2) is 0 Å². The molecule has 0 spiro atoms. The summed E-state index contributed by atoms with van der Waals surface area (Å²) in [4.78, 5) is 6.75. The number of nitrogens with two attached hydrogens (primary N) is 1. The Morgan fingerprint density at radius 1 is 1.40 bits per heavy atom. The zero-order valence-electron chi connectivity index (χ0n) is 11.8. The summed E-state index contributed by atoms with van der Waals surface area (Å²) in [6.07, 6.45) is 3.91. The van der Waals surface area contributed by atoms with Crippen LogP contribution in [0.4, 0.5) is 11.4 Å². The second-order valence-electron chi connectivity index (χ2n) is 5.66. The minimum Gasteiger partial charge on any atom is -0.398 e. The van der Waals surface area contributed by atoms with E-state index in [-0.39, 0.29) is 6.61 Å². The summed E-state index contributed by atoms with van der Waals surface area (Å²) in [7, 11) is 0. The molecule has 3 rings (SSSR count). The number of aromatic nitrogens is 1. The van der Waals surface area contributed by atoms with E-state index in [1.807, 2.05) is 19.2 Å². The minimum atomic E-state index is 0.282. The van der Waals surface area contributed by atoms with Crippen molar-refractivity contribution in [2.75, 3.05) is 30.3 Å². The predicted molar refractivity (Wildman–Crippen MR) is 82.9 cm³/mol. The van der Waals surface area contributed by atoms with Crippen molar-refractivity contribution in [3.8, 4) is 0 Å². The van der Waals surface area contributed by atoms with Crippen molar-refractivity contribution < 1.29 is 5.11 Å². The molecule has 1 aromatic heterocycles. The van der Waals surface area contributed by atoms with Gasteiger partial charge in [0, 0.05) is 53.7 Å². The Hall–Kier alpha value is -1.81. The molecule has 0 radical (unpaired) electrons. The lowest BCUT2D eigenvalue weighted by Gasteiger charge is -2.21. The number of aliphatic hydroxyl groups excluding tert-OH is 1. The fourth-order valence-corrected chi connectivity index (χ4v) is 3.10. The molecule has 4 nitrogen and oxygen atoms in total. The number of fused-ring (bicyclic) bond motifs is 1. The molecule has 0 aliphatic carbocycles. The number of anilines is 2. The monoisotopic (exact) mass is 271 g/mol. The average molecular weight is 271 g/mol. The highest BCUT2D eigenvalue weighted by molar-refractivity contribution is 6.01. The maximum atomic E-state index is 9.08. The summed E-state index contributed by atoms with van der Waals surface area (Å²) in [5.41, 5.74) is 9.08. The van der Waals surface area contributed by atoms with Gasteiger partial charge in [0.2, 0.25) is 0 Å². The molecule has 0 amide bonds. The van der Waals surface area contributed by atoms with E-state index in [4.69, 9.17) is 10.8 Å².